The van der Waals surface area contributed by atoms with Crippen LogP contribution in [0, 0.1) is 18.6 Å². The van der Waals surface area contributed by atoms with Crippen LogP contribution in [0.2, 0.25) is 0 Å². The summed E-state index contributed by atoms with van der Waals surface area (Å²) in [5, 5.41) is 7.09. The number of hydrogen-bond acceptors (Lipinski definition) is 2. The minimum absolute atomic E-state index is 0. The van der Waals surface area contributed by atoms with Gasteiger partial charge in [0, 0.05) is 24.7 Å². The SMILES string of the molecule is Cc1cnn(C)c1NCc1cccc(F)c1F.Cl. The normalized spacial score (nSPS) is 10.0. The molecule has 18 heavy (non-hydrogen) atoms. The Hall–Kier alpha value is -1.62. The number of anilines is 1. The molecule has 0 spiro atoms. The summed E-state index contributed by atoms with van der Waals surface area (Å²) in [6, 6.07) is 4.15. The molecule has 0 aliphatic rings. The van der Waals surface area contributed by atoms with Crippen molar-refractivity contribution in [1.29, 1.82) is 0 Å². The lowest BCUT2D eigenvalue weighted by atomic mass is 10.2. The van der Waals surface area contributed by atoms with Gasteiger partial charge in [-0.25, -0.2) is 8.78 Å². The molecule has 0 fully saturated rings. The highest BCUT2D eigenvalue weighted by molar-refractivity contribution is 5.85. The molecule has 1 aromatic heterocycles. The van der Waals surface area contributed by atoms with Crippen molar-refractivity contribution < 1.29 is 8.78 Å². The van der Waals surface area contributed by atoms with Crippen molar-refractivity contribution in [3.05, 3.63) is 47.2 Å². The molecule has 0 atom stereocenters. The molecule has 0 aliphatic heterocycles. The van der Waals surface area contributed by atoms with E-state index in [1.165, 1.54) is 6.07 Å². The highest BCUT2D eigenvalue weighted by atomic mass is 35.5. The van der Waals surface area contributed by atoms with Crippen molar-refractivity contribution in [3.63, 3.8) is 0 Å². The molecular formula is C12H14ClF2N3. The van der Waals surface area contributed by atoms with Crippen molar-refractivity contribution >= 4 is 18.2 Å². The molecular weight excluding hydrogens is 260 g/mol. The lowest BCUT2D eigenvalue weighted by Crippen LogP contribution is -2.07. The molecule has 6 heteroatoms. The highest BCUT2D eigenvalue weighted by Crippen LogP contribution is 2.16. The zero-order valence-corrected chi connectivity index (χ0v) is 10.9. The van der Waals surface area contributed by atoms with Crippen LogP contribution in [0.3, 0.4) is 0 Å². The van der Waals surface area contributed by atoms with Gasteiger partial charge in [-0.3, -0.25) is 4.68 Å². The summed E-state index contributed by atoms with van der Waals surface area (Å²) in [7, 11) is 1.79. The van der Waals surface area contributed by atoms with Crippen molar-refractivity contribution in [2.75, 3.05) is 5.32 Å². The molecule has 0 saturated heterocycles. The van der Waals surface area contributed by atoms with Gasteiger partial charge in [-0.05, 0) is 13.0 Å². The fourth-order valence-electron chi connectivity index (χ4n) is 1.67. The molecule has 1 aromatic carbocycles. The zero-order valence-electron chi connectivity index (χ0n) is 10.1. The van der Waals surface area contributed by atoms with Gasteiger partial charge in [0.1, 0.15) is 5.82 Å². The number of benzene rings is 1. The number of nitrogens with one attached hydrogen (secondary N) is 1. The Labute approximate surface area is 110 Å². The second-order valence-electron chi connectivity index (χ2n) is 3.87. The largest absolute Gasteiger partial charge is 0.366 e. The summed E-state index contributed by atoms with van der Waals surface area (Å²) in [5.41, 5.74) is 1.26. The molecule has 0 unspecified atom stereocenters. The molecule has 0 saturated carbocycles. The van der Waals surface area contributed by atoms with E-state index in [-0.39, 0.29) is 19.0 Å². The maximum atomic E-state index is 13.4. The average Bonchev–Trinajstić information content (AvgIpc) is 2.62. The molecule has 0 radical (unpaired) electrons. The number of hydrogen-bond donors (Lipinski definition) is 1. The summed E-state index contributed by atoms with van der Waals surface area (Å²) in [4.78, 5) is 0. The first-order valence-corrected chi connectivity index (χ1v) is 5.25. The Bertz CT molecular complexity index is 521. The Morgan fingerprint density at radius 1 is 1.33 bits per heavy atom. The maximum absolute atomic E-state index is 13.4. The quantitative estimate of drug-likeness (QED) is 0.932. The van der Waals surface area contributed by atoms with Crippen molar-refractivity contribution in [2.45, 2.75) is 13.5 Å². The first kappa shape index (κ1) is 14.4. The van der Waals surface area contributed by atoms with Gasteiger partial charge in [-0.15, -0.1) is 12.4 Å². The fraction of sp³-hybridized carbons (Fsp3) is 0.250. The smallest absolute Gasteiger partial charge is 0.163 e. The third-order valence-corrected chi connectivity index (χ3v) is 2.60. The van der Waals surface area contributed by atoms with Gasteiger partial charge in [0.25, 0.3) is 0 Å². The fourth-order valence-corrected chi connectivity index (χ4v) is 1.67. The van der Waals surface area contributed by atoms with Crippen LogP contribution in [0.4, 0.5) is 14.6 Å². The molecule has 98 valence electrons. The Balaban J connectivity index is 0.00000162. The Kier molecular flexibility index (Phi) is 4.67. The first-order valence-electron chi connectivity index (χ1n) is 5.25. The standard InChI is InChI=1S/C12H13F2N3.ClH/c1-8-6-16-17(2)12(8)15-7-9-4-3-5-10(13)11(9)14;/h3-6,15H,7H2,1-2H3;1H. The van der Waals surface area contributed by atoms with E-state index in [9.17, 15) is 8.78 Å². The van der Waals surface area contributed by atoms with Crippen molar-refractivity contribution in [3.8, 4) is 0 Å². The third-order valence-electron chi connectivity index (χ3n) is 2.60. The summed E-state index contributed by atoms with van der Waals surface area (Å²) >= 11 is 0. The van der Waals surface area contributed by atoms with Gasteiger partial charge in [0.05, 0.1) is 6.20 Å². The van der Waals surface area contributed by atoms with Crippen LogP contribution < -0.4 is 5.32 Å². The van der Waals surface area contributed by atoms with Crippen LogP contribution >= 0.6 is 12.4 Å². The first-order chi connectivity index (χ1) is 8.09. The molecule has 0 aliphatic carbocycles. The highest BCUT2D eigenvalue weighted by Gasteiger charge is 2.09. The van der Waals surface area contributed by atoms with E-state index in [1.807, 2.05) is 6.92 Å². The van der Waals surface area contributed by atoms with Crippen LogP contribution in [0.1, 0.15) is 11.1 Å². The summed E-state index contributed by atoms with van der Waals surface area (Å²) < 4.78 is 28.0. The van der Waals surface area contributed by atoms with E-state index in [1.54, 1.807) is 24.0 Å². The van der Waals surface area contributed by atoms with Gasteiger partial charge in [0.2, 0.25) is 0 Å². The van der Waals surface area contributed by atoms with Gasteiger partial charge >= 0.3 is 0 Å². The van der Waals surface area contributed by atoms with E-state index in [0.29, 0.717) is 5.56 Å². The maximum Gasteiger partial charge on any atom is 0.163 e. The van der Waals surface area contributed by atoms with Crippen LogP contribution in [-0.4, -0.2) is 9.78 Å². The van der Waals surface area contributed by atoms with E-state index in [4.69, 9.17) is 0 Å². The molecule has 3 nitrogen and oxygen atoms in total. The topological polar surface area (TPSA) is 29.9 Å². The predicted molar refractivity (Wildman–Crippen MR) is 68.9 cm³/mol. The second-order valence-corrected chi connectivity index (χ2v) is 3.87. The molecule has 0 bridgehead atoms. The predicted octanol–water partition coefficient (Wildman–Crippen LogP) is 3.04. The number of nitrogens with zero attached hydrogens (tertiary/aromatic N) is 2. The van der Waals surface area contributed by atoms with Gasteiger partial charge in [0.15, 0.2) is 11.6 Å². The number of rotatable bonds is 3. The zero-order chi connectivity index (χ0) is 12.4. The van der Waals surface area contributed by atoms with Gasteiger partial charge in [-0.1, -0.05) is 12.1 Å². The second kappa shape index (κ2) is 5.82. The summed E-state index contributed by atoms with van der Waals surface area (Å²) in [5.74, 6) is -0.834. The Morgan fingerprint density at radius 2 is 2.06 bits per heavy atom. The van der Waals surface area contributed by atoms with E-state index in [0.717, 1.165) is 17.4 Å². The number of aromatic nitrogens is 2. The van der Waals surface area contributed by atoms with Gasteiger partial charge in [-0.2, -0.15) is 5.10 Å². The average molecular weight is 274 g/mol. The molecule has 1 heterocycles. The van der Waals surface area contributed by atoms with Crippen molar-refractivity contribution in [1.82, 2.24) is 9.78 Å². The van der Waals surface area contributed by atoms with E-state index in [2.05, 4.69) is 10.4 Å². The third kappa shape index (κ3) is 2.79. The lowest BCUT2D eigenvalue weighted by Gasteiger charge is -2.09. The molecule has 0 amide bonds. The monoisotopic (exact) mass is 273 g/mol. The van der Waals surface area contributed by atoms with Crippen LogP contribution in [0.5, 0.6) is 0 Å². The van der Waals surface area contributed by atoms with Gasteiger partial charge < -0.3 is 5.32 Å². The minimum Gasteiger partial charge on any atom is -0.366 e. The minimum atomic E-state index is -0.828. The molecule has 1 N–H and O–H groups in total. The van der Waals surface area contributed by atoms with E-state index >= 15 is 0 Å². The summed E-state index contributed by atoms with van der Waals surface area (Å²) in [6.45, 7) is 2.13. The van der Waals surface area contributed by atoms with Crippen molar-refractivity contribution in [2.24, 2.45) is 7.05 Å². The molecule has 2 rings (SSSR count). The molecule has 2 aromatic rings. The number of halogens is 3. The van der Waals surface area contributed by atoms with Crippen LogP contribution in [-0.2, 0) is 13.6 Å². The van der Waals surface area contributed by atoms with Crippen LogP contribution in [0.25, 0.3) is 0 Å². The lowest BCUT2D eigenvalue weighted by molar-refractivity contribution is 0.500. The number of aryl methyl sites for hydroxylation is 2. The van der Waals surface area contributed by atoms with E-state index < -0.39 is 11.6 Å². The Morgan fingerprint density at radius 3 is 2.67 bits per heavy atom. The van der Waals surface area contributed by atoms with Crippen LogP contribution in [0.15, 0.2) is 24.4 Å². The summed E-state index contributed by atoms with van der Waals surface area (Å²) in [6.07, 6.45) is 1.71.